The number of amides is 1. The predicted molar refractivity (Wildman–Crippen MR) is 61.9 cm³/mol. The number of nitrogens with two attached hydrogens (primary N) is 1. The van der Waals surface area contributed by atoms with E-state index in [4.69, 9.17) is 5.73 Å². The van der Waals surface area contributed by atoms with Crippen LogP contribution in [-0.2, 0) is 0 Å². The van der Waals surface area contributed by atoms with Crippen molar-refractivity contribution < 1.29 is 4.79 Å². The van der Waals surface area contributed by atoms with Crippen molar-refractivity contribution in [1.29, 1.82) is 0 Å². The van der Waals surface area contributed by atoms with Gasteiger partial charge in [0.2, 0.25) is 0 Å². The van der Waals surface area contributed by atoms with E-state index in [1.165, 1.54) is 6.20 Å². The molecule has 3 N–H and O–H groups in total. The topological polar surface area (TPSA) is 75.0 Å². The first kappa shape index (κ1) is 11.0. The number of likely N-dealkylation sites (tertiary alicyclic amines) is 1. The third-order valence-corrected chi connectivity index (χ3v) is 3.07. The minimum Gasteiger partial charge on any atom is -0.396 e. The Balaban J connectivity index is 2.14. The number of nitrogens with zero attached hydrogens (tertiary/aromatic N) is 2. The molecule has 5 nitrogen and oxygen atoms in total. The number of anilines is 1. The first-order valence-corrected chi connectivity index (χ1v) is 5.58. The van der Waals surface area contributed by atoms with Gasteiger partial charge in [0.25, 0.3) is 5.91 Å². The van der Waals surface area contributed by atoms with Gasteiger partial charge in [-0.05, 0) is 18.3 Å². The Hall–Kier alpha value is -1.52. The third-order valence-electron chi connectivity index (χ3n) is 3.07. The minimum absolute atomic E-state index is 0.0391. The summed E-state index contributed by atoms with van der Waals surface area (Å²) in [6.45, 7) is 5.95. The first-order chi connectivity index (χ1) is 7.49. The van der Waals surface area contributed by atoms with Crippen LogP contribution in [0.25, 0.3) is 0 Å². The maximum atomic E-state index is 12.1. The lowest BCUT2D eigenvalue weighted by Gasteiger charge is -2.37. The van der Waals surface area contributed by atoms with E-state index in [9.17, 15) is 4.79 Å². The molecule has 1 amide bonds. The first-order valence-electron chi connectivity index (χ1n) is 5.58. The van der Waals surface area contributed by atoms with E-state index in [1.54, 1.807) is 0 Å². The van der Waals surface area contributed by atoms with Crippen molar-refractivity contribution in [2.75, 3.05) is 18.8 Å². The van der Waals surface area contributed by atoms with E-state index in [0.717, 1.165) is 25.9 Å². The quantitative estimate of drug-likeness (QED) is 0.751. The van der Waals surface area contributed by atoms with Crippen molar-refractivity contribution in [3.63, 3.8) is 0 Å². The normalized spacial score (nSPS) is 19.8. The molecule has 1 saturated heterocycles. The molecule has 1 aromatic heterocycles. The molecule has 0 atom stereocenters. The Morgan fingerprint density at radius 1 is 1.62 bits per heavy atom. The summed E-state index contributed by atoms with van der Waals surface area (Å²) < 4.78 is 0. The van der Waals surface area contributed by atoms with Crippen LogP contribution in [-0.4, -0.2) is 34.1 Å². The summed E-state index contributed by atoms with van der Waals surface area (Å²) in [5.74, 6) is -0.0391. The predicted octanol–water partition coefficient (Wildman–Crippen LogP) is 1.25. The SMILES string of the molecule is CC1(C)CCCN(C(=O)c2[nH]ncc2N)C1. The fraction of sp³-hybridized carbons (Fsp3) is 0.636. The van der Waals surface area contributed by atoms with Gasteiger partial charge in [-0.15, -0.1) is 0 Å². The van der Waals surface area contributed by atoms with Crippen molar-refractivity contribution in [2.24, 2.45) is 5.41 Å². The van der Waals surface area contributed by atoms with Gasteiger partial charge in [0, 0.05) is 13.1 Å². The van der Waals surface area contributed by atoms with Crippen LogP contribution in [0, 0.1) is 5.41 Å². The van der Waals surface area contributed by atoms with Gasteiger partial charge in [0.15, 0.2) is 0 Å². The number of nitrogen functional groups attached to an aromatic ring is 1. The summed E-state index contributed by atoms with van der Waals surface area (Å²) in [5.41, 5.74) is 6.71. The van der Waals surface area contributed by atoms with E-state index in [1.807, 2.05) is 4.90 Å². The second-order valence-electron chi connectivity index (χ2n) is 5.19. The maximum absolute atomic E-state index is 12.1. The molecule has 2 rings (SSSR count). The highest BCUT2D eigenvalue weighted by atomic mass is 16.2. The Labute approximate surface area is 95.0 Å². The van der Waals surface area contributed by atoms with Crippen LogP contribution in [0.5, 0.6) is 0 Å². The summed E-state index contributed by atoms with van der Waals surface area (Å²) in [6, 6.07) is 0. The molecule has 0 unspecified atom stereocenters. The fourth-order valence-electron chi connectivity index (χ4n) is 2.22. The lowest BCUT2D eigenvalue weighted by atomic mass is 9.84. The van der Waals surface area contributed by atoms with E-state index < -0.39 is 0 Å². The van der Waals surface area contributed by atoms with Crippen LogP contribution in [0.2, 0.25) is 0 Å². The van der Waals surface area contributed by atoms with Gasteiger partial charge in [0.1, 0.15) is 5.69 Å². The highest BCUT2D eigenvalue weighted by Gasteiger charge is 2.30. The summed E-state index contributed by atoms with van der Waals surface area (Å²) in [6.07, 6.45) is 3.68. The fourth-order valence-corrected chi connectivity index (χ4v) is 2.22. The Bertz CT molecular complexity index is 396. The molecule has 0 saturated carbocycles. The smallest absolute Gasteiger partial charge is 0.274 e. The highest BCUT2D eigenvalue weighted by Crippen LogP contribution is 2.29. The van der Waals surface area contributed by atoms with Gasteiger partial charge < -0.3 is 10.6 Å². The van der Waals surface area contributed by atoms with Crippen LogP contribution in [0.3, 0.4) is 0 Å². The van der Waals surface area contributed by atoms with Gasteiger partial charge in [-0.2, -0.15) is 5.10 Å². The molecule has 16 heavy (non-hydrogen) atoms. The largest absolute Gasteiger partial charge is 0.396 e. The number of piperidine rings is 1. The molecule has 2 heterocycles. The molecular formula is C11H18N4O. The highest BCUT2D eigenvalue weighted by molar-refractivity contribution is 5.97. The average Bonchev–Trinajstić information content (AvgIpc) is 2.62. The van der Waals surface area contributed by atoms with E-state index in [2.05, 4.69) is 24.0 Å². The molecule has 1 aliphatic heterocycles. The minimum atomic E-state index is -0.0391. The van der Waals surface area contributed by atoms with Crippen molar-refractivity contribution >= 4 is 11.6 Å². The second-order valence-corrected chi connectivity index (χ2v) is 5.19. The number of hydrogen-bond donors (Lipinski definition) is 2. The molecule has 0 aliphatic carbocycles. The number of H-pyrrole nitrogens is 1. The van der Waals surface area contributed by atoms with Gasteiger partial charge in [-0.1, -0.05) is 13.8 Å². The zero-order valence-corrected chi connectivity index (χ0v) is 9.79. The van der Waals surface area contributed by atoms with Crippen molar-refractivity contribution in [3.05, 3.63) is 11.9 Å². The molecule has 1 fully saturated rings. The monoisotopic (exact) mass is 222 g/mol. The van der Waals surface area contributed by atoms with Gasteiger partial charge >= 0.3 is 0 Å². The number of aromatic amines is 1. The van der Waals surface area contributed by atoms with Gasteiger partial charge in [-0.3, -0.25) is 9.89 Å². The maximum Gasteiger partial charge on any atom is 0.274 e. The van der Waals surface area contributed by atoms with Crippen LogP contribution in [0.15, 0.2) is 6.20 Å². The molecular weight excluding hydrogens is 204 g/mol. The summed E-state index contributed by atoms with van der Waals surface area (Å²) in [5, 5.41) is 6.44. The number of aromatic nitrogens is 2. The van der Waals surface area contributed by atoms with Crippen molar-refractivity contribution in [2.45, 2.75) is 26.7 Å². The van der Waals surface area contributed by atoms with Gasteiger partial charge in [0.05, 0.1) is 11.9 Å². The number of rotatable bonds is 1. The Kier molecular flexibility index (Phi) is 2.61. The Morgan fingerprint density at radius 3 is 2.94 bits per heavy atom. The summed E-state index contributed by atoms with van der Waals surface area (Å²) in [4.78, 5) is 14.0. The Morgan fingerprint density at radius 2 is 2.38 bits per heavy atom. The molecule has 5 heteroatoms. The lowest BCUT2D eigenvalue weighted by molar-refractivity contribution is 0.0578. The van der Waals surface area contributed by atoms with Crippen LogP contribution in [0.4, 0.5) is 5.69 Å². The van der Waals surface area contributed by atoms with Crippen LogP contribution in [0.1, 0.15) is 37.2 Å². The van der Waals surface area contributed by atoms with Gasteiger partial charge in [-0.25, -0.2) is 0 Å². The molecule has 88 valence electrons. The zero-order valence-electron chi connectivity index (χ0n) is 9.79. The van der Waals surface area contributed by atoms with Crippen LogP contribution >= 0.6 is 0 Å². The standard InChI is InChI=1S/C11H18N4O/c1-11(2)4-3-5-15(7-11)10(16)9-8(12)6-13-14-9/h6H,3-5,7,12H2,1-2H3,(H,13,14). The van der Waals surface area contributed by atoms with E-state index in [-0.39, 0.29) is 11.3 Å². The van der Waals surface area contributed by atoms with Crippen LogP contribution < -0.4 is 5.73 Å². The number of carbonyl (C=O) groups excluding carboxylic acids is 1. The second kappa shape index (κ2) is 3.81. The van der Waals surface area contributed by atoms with Crippen molar-refractivity contribution in [1.82, 2.24) is 15.1 Å². The summed E-state index contributed by atoms with van der Waals surface area (Å²) in [7, 11) is 0. The molecule has 1 aliphatic rings. The third kappa shape index (κ3) is 2.03. The zero-order chi connectivity index (χ0) is 11.8. The van der Waals surface area contributed by atoms with E-state index in [0.29, 0.717) is 11.4 Å². The molecule has 0 spiro atoms. The van der Waals surface area contributed by atoms with Crippen molar-refractivity contribution in [3.8, 4) is 0 Å². The number of hydrogen-bond acceptors (Lipinski definition) is 3. The molecule has 1 aromatic rings. The summed E-state index contributed by atoms with van der Waals surface area (Å²) >= 11 is 0. The number of nitrogens with one attached hydrogen (secondary N) is 1. The molecule has 0 radical (unpaired) electrons. The molecule has 0 aromatic carbocycles. The number of carbonyl (C=O) groups is 1. The average molecular weight is 222 g/mol. The van der Waals surface area contributed by atoms with E-state index >= 15 is 0 Å². The molecule has 0 bridgehead atoms. The lowest BCUT2D eigenvalue weighted by Crippen LogP contribution is -2.43.